The molecule has 0 aliphatic carbocycles. The second kappa shape index (κ2) is 12.2. The molecular formula is C30H27F5O2. The van der Waals surface area contributed by atoms with Gasteiger partial charge in [0, 0.05) is 12.5 Å². The van der Waals surface area contributed by atoms with Crippen LogP contribution in [0, 0.1) is 17.5 Å². The summed E-state index contributed by atoms with van der Waals surface area (Å²) >= 11 is 0. The molecule has 2 nitrogen and oxygen atoms in total. The smallest absolute Gasteiger partial charge is 0.387 e. The molecule has 194 valence electrons. The molecule has 7 heteroatoms. The summed E-state index contributed by atoms with van der Waals surface area (Å²) in [6.45, 7) is -2.64. The Labute approximate surface area is 212 Å². The maximum atomic E-state index is 15.2. The Morgan fingerprint density at radius 1 is 0.649 bits per heavy atom. The van der Waals surface area contributed by atoms with E-state index in [9.17, 15) is 17.6 Å². The Bertz CT molecular complexity index is 1330. The quantitative estimate of drug-likeness (QED) is 0.192. The van der Waals surface area contributed by atoms with Crippen molar-refractivity contribution in [3.8, 4) is 5.75 Å². The zero-order valence-corrected chi connectivity index (χ0v) is 20.4. The summed E-state index contributed by atoms with van der Waals surface area (Å²) in [4.78, 5) is 0. The summed E-state index contributed by atoms with van der Waals surface area (Å²) in [5.74, 6) is -3.94. The molecule has 0 unspecified atom stereocenters. The van der Waals surface area contributed by atoms with E-state index in [1.165, 1.54) is 11.1 Å². The minimum atomic E-state index is -3.33. The molecule has 0 heterocycles. The molecule has 4 rings (SSSR count). The van der Waals surface area contributed by atoms with Gasteiger partial charge in [-0.25, -0.2) is 13.2 Å². The van der Waals surface area contributed by atoms with E-state index in [1.807, 2.05) is 18.2 Å². The molecule has 0 N–H and O–H groups in total. The van der Waals surface area contributed by atoms with Gasteiger partial charge in [0.15, 0.2) is 17.4 Å². The van der Waals surface area contributed by atoms with Crippen LogP contribution in [-0.2, 0) is 36.8 Å². The van der Waals surface area contributed by atoms with Gasteiger partial charge in [-0.2, -0.15) is 8.78 Å². The van der Waals surface area contributed by atoms with Crippen LogP contribution in [0.3, 0.4) is 0 Å². The van der Waals surface area contributed by atoms with E-state index in [0.29, 0.717) is 17.6 Å². The third kappa shape index (κ3) is 6.86. The van der Waals surface area contributed by atoms with Crippen LogP contribution < -0.4 is 4.74 Å². The summed E-state index contributed by atoms with van der Waals surface area (Å²) in [5.41, 5.74) is 4.18. The second-order valence-corrected chi connectivity index (χ2v) is 8.92. The minimum absolute atomic E-state index is 0.133. The molecule has 0 spiro atoms. The fourth-order valence-corrected chi connectivity index (χ4v) is 4.35. The molecule has 4 aromatic rings. The summed E-state index contributed by atoms with van der Waals surface area (Å²) < 4.78 is 76.8. The third-order valence-corrected chi connectivity index (χ3v) is 6.37. The van der Waals surface area contributed by atoms with Crippen LogP contribution in [0.25, 0.3) is 10.8 Å². The zero-order chi connectivity index (χ0) is 26.4. The molecule has 0 amide bonds. The highest BCUT2D eigenvalue weighted by atomic mass is 19.3. The van der Waals surface area contributed by atoms with E-state index in [-0.39, 0.29) is 24.2 Å². The Balaban J connectivity index is 1.41. The first-order chi connectivity index (χ1) is 17.8. The molecule has 0 atom stereocenters. The topological polar surface area (TPSA) is 18.5 Å². The number of rotatable bonds is 11. The highest BCUT2D eigenvalue weighted by Gasteiger charge is 2.17. The molecule has 4 aromatic carbocycles. The van der Waals surface area contributed by atoms with Gasteiger partial charge >= 0.3 is 6.61 Å². The number of alkyl halides is 2. The number of fused-ring (bicyclic) bond motifs is 1. The molecule has 0 saturated carbocycles. The van der Waals surface area contributed by atoms with Gasteiger partial charge in [-0.3, -0.25) is 0 Å². The number of ether oxygens (including phenoxy) is 2. The Kier molecular flexibility index (Phi) is 8.77. The van der Waals surface area contributed by atoms with Crippen molar-refractivity contribution in [3.05, 3.63) is 112 Å². The maximum Gasteiger partial charge on any atom is 0.387 e. The monoisotopic (exact) mass is 514 g/mol. The lowest BCUT2D eigenvalue weighted by molar-refractivity contribution is -0.0546. The number of methoxy groups -OCH3 is 1. The number of hydrogen-bond acceptors (Lipinski definition) is 2. The fourth-order valence-electron chi connectivity index (χ4n) is 4.35. The van der Waals surface area contributed by atoms with Crippen LogP contribution in [0.1, 0.15) is 27.8 Å². The van der Waals surface area contributed by atoms with E-state index in [2.05, 4.69) is 29.0 Å². The maximum absolute atomic E-state index is 15.2. The highest BCUT2D eigenvalue weighted by molar-refractivity contribution is 5.84. The van der Waals surface area contributed by atoms with E-state index in [1.54, 1.807) is 19.2 Å². The van der Waals surface area contributed by atoms with Crippen molar-refractivity contribution in [2.45, 2.75) is 38.7 Å². The summed E-state index contributed by atoms with van der Waals surface area (Å²) in [7, 11) is 1.69. The standard InChI is InChI=1S/C30H27F5O2/c1-36-15-14-20-4-2-19(3-5-20)6-7-21-9-13-25-24(16-21)12-11-23(28(25)33)10-8-22-17-26(31)29(27(32)18-22)37-30(34)35/h2-5,9,11-13,16-18,30H,6-8,10,14-15H2,1H3. The minimum Gasteiger partial charge on any atom is -0.429 e. The van der Waals surface area contributed by atoms with Crippen LogP contribution in [0.2, 0.25) is 0 Å². The van der Waals surface area contributed by atoms with Gasteiger partial charge in [0.05, 0.1) is 6.61 Å². The second-order valence-electron chi connectivity index (χ2n) is 8.92. The third-order valence-electron chi connectivity index (χ3n) is 6.37. The largest absolute Gasteiger partial charge is 0.429 e. The Morgan fingerprint density at radius 3 is 1.89 bits per heavy atom. The van der Waals surface area contributed by atoms with E-state index < -0.39 is 24.0 Å². The zero-order valence-electron chi connectivity index (χ0n) is 20.4. The lowest BCUT2D eigenvalue weighted by atomic mass is 9.97. The summed E-state index contributed by atoms with van der Waals surface area (Å²) in [6.07, 6.45) is 2.89. The molecule has 0 saturated heterocycles. The number of hydrogen-bond donors (Lipinski definition) is 0. The average molecular weight is 515 g/mol. The average Bonchev–Trinajstić information content (AvgIpc) is 2.88. The molecule has 0 bridgehead atoms. The lowest BCUT2D eigenvalue weighted by Crippen LogP contribution is -2.06. The first-order valence-corrected chi connectivity index (χ1v) is 12.0. The fraction of sp³-hybridized carbons (Fsp3) is 0.267. The van der Waals surface area contributed by atoms with Crippen molar-refractivity contribution < 1.29 is 31.4 Å². The molecular weight excluding hydrogens is 487 g/mol. The van der Waals surface area contributed by atoms with Gasteiger partial charge < -0.3 is 9.47 Å². The first kappa shape index (κ1) is 26.6. The number of aryl methyl sites for hydroxylation is 4. The van der Waals surface area contributed by atoms with Crippen LogP contribution in [0.15, 0.2) is 66.7 Å². The van der Waals surface area contributed by atoms with Gasteiger partial charge in [0.25, 0.3) is 0 Å². The van der Waals surface area contributed by atoms with Crippen LogP contribution in [-0.4, -0.2) is 20.3 Å². The SMILES string of the molecule is COCCc1ccc(CCc2ccc3c(F)c(CCc4cc(F)c(OC(F)F)c(F)c4)ccc3c2)cc1. The molecule has 0 aromatic heterocycles. The molecule has 0 aliphatic rings. The van der Waals surface area contributed by atoms with Crippen molar-refractivity contribution in [1.29, 1.82) is 0 Å². The van der Waals surface area contributed by atoms with Gasteiger partial charge in [0.1, 0.15) is 5.82 Å². The van der Waals surface area contributed by atoms with Gasteiger partial charge in [-0.15, -0.1) is 0 Å². The Morgan fingerprint density at radius 2 is 1.24 bits per heavy atom. The molecule has 0 radical (unpaired) electrons. The van der Waals surface area contributed by atoms with Crippen molar-refractivity contribution in [1.82, 2.24) is 0 Å². The molecule has 37 heavy (non-hydrogen) atoms. The highest BCUT2D eigenvalue weighted by Crippen LogP contribution is 2.27. The summed E-state index contributed by atoms with van der Waals surface area (Å²) in [5, 5.41) is 1.25. The number of benzene rings is 4. The van der Waals surface area contributed by atoms with Crippen molar-refractivity contribution in [2.24, 2.45) is 0 Å². The van der Waals surface area contributed by atoms with E-state index >= 15 is 4.39 Å². The van der Waals surface area contributed by atoms with E-state index in [0.717, 1.165) is 42.3 Å². The lowest BCUT2D eigenvalue weighted by Gasteiger charge is -2.11. The van der Waals surface area contributed by atoms with Gasteiger partial charge in [0.2, 0.25) is 0 Å². The normalized spacial score (nSPS) is 11.4. The first-order valence-electron chi connectivity index (χ1n) is 12.0. The molecule has 0 fully saturated rings. The van der Waals surface area contributed by atoms with Crippen molar-refractivity contribution in [2.75, 3.05) is 13.7 Å². The summed E-state index contributed by atoms with van der Waals surface area (Å²) in [6, 6.07) is 19.5. The van der Waals surface area contributed by atoms with Gasteiger partial charge in [-0.05, 0) is 77.4 Å². The molecule has 0 aliphatic heterocycles. The Hall–Kier alpha value is -3.45. The number of halogens is 5. The van der Waals surface area contributed by atoms with Crippen LogP contribution in [0.4, 0.5) is 22.0 Å². The van der Waals surface area contributed by atoms with E-state index in [4.69, 9.17) is 4.74 Å². The predicted molar refractivity (Wildman–Crippen MR) is 134 cm³/mol. The van der Waals surface area contributed by atoms with Gasteiger partial charge in [-0.1, -0.05) is 54.6 Å². The van der Waals surface area contributed by atoms with Crippen LogP contribution in [0.5, 0.6) is 5.75 Å². The van der Waals surface area contributed by atoms with Crippen LogP contribution >= 0.6 is 0 Å². The van der Waals surface area contributed by atoms with Crippen molar-refractivity contribution in [3.63, 3.8) is 0 Å². The van der Waals surface area contributed by atoms with Crippen molar-refractivity contribution >= 4 is 10.8 Å². The predicted octanol–water partition coefficient (Wildman–Crippen LogP) is 7.62.